The summed E-state index contributed by atoms with van der Waals surface area (Å²) in [4.78, 5) is 17.6. The fraction of sp³-hybridized carbons (Fsp3) is 0.250. The third-order valence-electron chi connectivity index (χ3n) is 5.25. The zero-order chi connectivity index (χ0) is 21.6. The molecule has 0 radical (unpaired) electrons. The number of aromatic nitrogens is 4. The van der Waals surface area contributed by atoms with Gasteiger partial charge in [-0.2, -0.15) is 0 Å². The summed E-state index contributed by atoms with van der Waals surface area (Å²) < 4.78 is 11.5. The van der Waals surface area contributed by atoms with Crippen LogP contribution in [0, 0.1) is 0 Å². The van der Waals surface area contributed by atoms with Crippen molar-refractivity contribution in [1.29, 1.82) is 0 Å². The first-order valence-electron chi connectivity index (χ1n) is 10.7. The van der Waals surface area contributed by atoms with Gasteiger partial charge in [0.1, 0.15) is 29.7 Å². The minimum atomic E-state index is 0.210. The third-order valence-corrected chi connectivity index (χ3v) is 5.25. The predicted octanol–water partition coefficient (Wildman–Crippen LogP) is 4.33. The van der Waals surface area contributed by atoms with Gasteiger partial charge < -0.3 is 20.1 Å². The molecule has 3 heterocycles. The van der Waals surface area contributed by atoms with Gasteiger partial charge in [-0.3, -0.25) is 0 Å². The zero-order valence-electron chi connectivity index (χ0n) is 17.6. The second-order valence-corrected chi connectivity index (χ2v) is 7.59. The van der Waals surface area contributed by atoms with Crippen LogP contribution in [-0.2, 0) is 11.3 Å². The summed E-state index contributed by atoms with van der Waals surface area (Å²) in [6, 6.07) is 17.8. The number of hydrogen-bond donors (Lipinski definition) is 2. The van der Waals surface area contributed by atoms with Crippen molar-refractivity contribution >= 4 is 28.5 Å². The van der Waals surface area contributed by atoms with Gasteiger partial charge in [0.15, 0.2) is 5.82 Å². The maximum Gasteiger partial charge on any atom is 0.223 e. The summed E-state index contributed by atoms with van der Waals surface area (Å²) in [5.41, 5.74) is 3.34. The van der Waals surface area contributed by atoms with Gasteiger partial charge in [-0.05, 0) is 42.7 Å². The molecule has 1 saturated heterocycles. The van der Waals surface area contributed by atoms with E-state index in [9.17, 15) is 0 Å². The van der Waals surface area contributed by atoms with Crippen LogP contribution in [0.1, 0.15) is 18.4 Å². The smallest absolute Gasteiger partial charge is 0.223 e. The number of hydrogen-bond acceptors (Lipinski definition) is 8. The fourth-order valence-electron chi connectivity index (χ4n) is 3.55. The molecule has 4 aromatic rings. The van der Waals surface area contributed by atoms with Crippen molar-refractivity contribution in [1.82, 2.24) is 19.9 Å². The lowest BCUT2D eigenvalue weighted by Crippen LogP contribution is -2.19. The first-order chi connectivity index (χ1) is 15.8. The van der Waals surface area contributed by atoms with E-state index in [2.05, 4.69) is 30.6 Å². The highest BCUT2D eigenvalue weighted by atomic mass is 16.5. The lowest BCUT2D eigenvalue weighted by Gasteiger charge is -2.12. The number of fused-ring (bicyclic) bond motifs is 1. The molecule has 2 aromatic heterocycles. The standard InChI is InChI=1S/C24H24N6O2/c1-2-5-17(6-3-1)15-32-19-10-8-18(9-11-19)29-23-22-21(27-16-28-23)14-26-24(30-22)25-13-20-7-4-12-31-20/h1-3,5-6,8-11,14,16,20H,4,7,12-13,15H2,(H,25,26,30)(H,27,28,29). The molecule has 0 bridgehead atoms. The molecule has 8 heteroatoms. The number of nitrogens with one attached hydrogen (secondary N) is 2. The van der Waals surface area contributed by atoms with Crippen LogP contribution in [0.25, 0.3) is 11.0 Å². The molecule has 1 unspecified atom stereocenters. The van der Waals surface area contributed by atoms with Crippen molar-refractivity contribution < 1.29 is 9.47 Å². The highest BCUT2D eigenvalue weighted by Gasteiger charge is 2.16. The van der Waals surface area contributed by atoms with Gasteiger partial charge in [0.2, 0.25) is 5.95 Å². The summed E-state index contributed by atoms with van der Waals surface area (Å²) >= 11 is 0. The summed E-state index contributed by atoms with van der Waals surface area (Å²) in [5.74, 6) is 1.96. The van der Waals surface area contributed by atoms with Crippen LogP contribution >= 0.6 is 0 Å². The number of ether oxygens (including phenoxy) is 2. The Balaban J connectivity index is 1.27. The van der Waals surface area contributed by atoms with Crippen molar-refractivity contribution in [3.05, 3.63) is 72.7 Å². The van der Waals surface area contributed by atoms with Crippen molar-refractivity contribution in [2.24, 2.45) is 0 Å². The van der Waals surface area contributed by atoms with Gasteiger partial charge in [-0.15, -0.1) is 0 Å². The molecule has 0 saturated carbocycles. The van der Waals surface area contributed by atoms with Crippen LogP contribution in [0.15, 0.2) is 67.1 Å². The Hall–Kier alpha value is -3.78. The van der Waals surface area contributed by atoms with Gasteiger partial charge in [0, 0.05) is 18.8 Å². The second-order valence-electron chi connectivity index (χ2n) is 7.59. The highest BCUT2D eigenvalue weighted by Crippen LogP contribution is 2.24. The normalized spacial score (nSPS) is 15.6. The predicted molar refractivity (Wildman–Crippen MR) is 123 cm³/mol. The van der Waals surface area contributed by atoms with Crippen molar-refractivity contribution in [2.45, 2.75) is 25.6 Å². The van der Waals surface area contributed by atoms with E-state index in [1.165, 1.54) is 6.33 Å². The number of anilines is 3. The SMILES string of the molecule is c1ccc(COc2ccc(Nc3ncnc4cnc(NCC5CCCO5)nc34)cc2)cc1. The minimum absolute atomic E-state index is 0.210. The van der Waals surface area contributed by atoms with Crippen molar-refractivity contribution in [3.63, 3.8) is 0 Å². The van der Waals surface area contributed by atoms with E-state index >= 15 is 0 Å². The zero-order valence-corrected chi connectivity index (χ0v) is 17.6. The van der Waals surface area contributed by atoms with Crippen molar-refractivity contribution in [2.75, 3.05) is 23.8 Å². The monoisotopic (exact) mass is 428 g/mol. The van der Waals surface area contributed by atoms with E-state index < -0.39 is 0 Å². The van der Waals surface area contributed by atoms with Gasteiger partial charge in [0.25, 0.3) is 0 Å². The topological polar surface area (TPSA) is 94.1 Å². The second kappa shape index (κ2) is 9.57. The molecular weight excluding hydrogens is 404 g/mol. The Morgan fingerprint density at radius 1 is 1.00 bits per heavy atom. The molecule has 32 heavy (non-hydrogen) atoms. The maximum atomic E-state index is 5.86. The van der Waals surface area contributed by atoms with Crippen LogP contribution in [-0.4, -0.2) is 39.2 Å². The molecule has 0 spiro atoms. The fourth-order valence-corrected chi connectivity index (χ4v) is 3.55. The molecule has 2 N–H and O–H groups in total. The Morgan fingerprint density at radius 2 is 1.88 bits per heavy atom. The minimum Gasteiger partial charge on any atom is -0.489 e. The van der Waals surface area contributed by atoms with Crippen LogP contribution < -0.4 is 15.4 Å². The molecule has 0 aliphatic carbocycles. The van der Waals surface area contributed by atoms with E-state index in [1.54, 1.807) is 6.20 Å². The maximum absolute atomic E-state index is 5.86. The highest BCUT2D eigenvalue weighted by molar-refractivity contribution is 5.87. The molecule has 162 valence electrons. The Kier molecular flexibility index (Phi) is 6.02. The van der Waals surface area contributed by atoms with Gasteiger partial charge >= 0.3 is 0 Å². The summed E-state index contributed by atoms with van der Waals surface area (Å²) in [5, 5.41) is 6.58. The number of nitrogens with zero attached hydrogens (tertiary/aromatic N) is 4. The molecule has 1 aliphatic heterocycles. The molecule has 0 amide bonds. The van der Waals surface area contributed by atoms with Gasteiger partial charge in [0.05, 0.1) is 12.3 Å². The van der Waals surface area contributed by atoms with Crippen molar-refractivity contribution in [3.8, 4) is 5.75 Å². The molecule has 2 aromatic carbocycles. The summed E-state index contributed by atoms with van der Waals surface area (Å²) in [6.45, 7) is 2.04. The quantitative estimate of drug-likeness (QED) is 0.428. The number of benzene rings is 2. The van der Waals surface area contributed by atoms with Crippen LogP contribution in [0.4, 0.5) is 17.5 Å². The molecular formula is C24H24N6O2. The van der Waals surface area contributed by atoms with Crippen LogP contribution in [0.2, 0.25) is 0 Å². The summed E-state index contributed by atoms with van der Waals surface area (Å²) in [7, 11) is 0. The molecule has 1 aliphatic rings. The van der Waals surface area contributed by atoms with E-state index in [4.69, 9.17) is 9.47 Å². The Bertz CT molecular complexity index is 1160. The molecule has 1 fully saturated rings. The number of rotatable bonds is 8. The molecule has 1 atom stereocenters. The van der Waals surface area contributed by atoms with E-state index in [0.717, 1.165) is 36.4 Å². The van der Waals surface area contributed by atoms with Crippen LogP contribution in [0.3, 0.4) is 0 Å². The lowest BCUT2D eigenvalue weighted by molar-refractivity contribution is 0.120. The lowest BCUT2D eigenvalue weighted by atomic mass is 10.2. The largest absolute Gasteiger partial charge is 0.489 e. The van der Waals surface area contributed by atoms with E-state index in [-0.39, 0.29) is 6.10 Å². The average molecular weight is 428 g/mol. The summed E-state index contributed by atoms with van der Waals surface area (Å²) in [6.07, 6.45) is 5.57. The Labute approximate surface area is 186 Å². The Morgan fingerprint density at radius 3 is 2.69 bits per heavy atom. The first-order valence-corrected chi connectivity index (χ1v) is 10.7. The molecule has 5 rings (SSSR count). The first kappa shape index (κ1) is 20.1. The van der Waals surface area contributed by atoms with E-state index in [1.807, 2.05) is 54.6 Å². The molecule has 8 nitrogen and oxygen atoms in total. The van der Waals surface area contributed by atoms with Crippen LogP contribution in [0.5, 0.6) is 5.75 Å². The van der Waals surface area contributed by atoms with Gasteiger partial charge in [-0.1, -0.05) is 30.3 Å². The third kappa shape index (κ3) is 4.92. The van der Waals surface area contributed by atoms with E-state index in [0.29, 0.717) is 36.0 Å². The average Bonchev–Trinajstić information content (AvgIpc) is 3.37. The van der Waals surface area contributed by atoms with Gasteiger partial charge in [-0.25, -0.2) is 19.9 Å².